The molecule has 0 bridgehead atoms. The number of anilines is 3. The molecule has 0 amide bonds. The number of hydrogen-bond donors (Lipinski definition) is 2. The average molecular weight is 383 g/mol. The summed E-state index contributed by atoms with van der Waals surface area (Å²) in [5, 5.41) is 6.60. The van der Waals surface area contributed by atoms with Gasteiger partial charge in [0.1, 0.15) is 5.82 Å². The Hall–Kier alpha value is -2.40. The SMILES string of the molecule is Cc1cccc(CNc2nccc(Nc3ccc(Br)cc3C)n2)c1. The number of nitrogens with zero attached hydrogens (tertiary/aromatic N) is 2. The molecule has 24 heavy (non-hydrogen) atoms. The highest BCUT2D eigenvalue weighted by atomic mass is 79.9. The number of aromatic nitrogens is 2. The summed E-state index contributed by atoms with van der Waals surface area (Å²) >= 11 is 3.48. The molecule has 4 nitrogen and oxygen atoms in total. The van der Waals surface area contributed by atoms with Gasteiger partial charge in [-0.05, 0) is 49.2 Å². The zero-order valence-corrected chi connectivity index (χ0v) is 15.3. The van der Waals surface area contributed by atoms with Crippen molar-refractivity contribution in [3.63, 3.8) is 0 Å². The normalized spacial score (nSPS) is 10.5. The summed E-state index contributed by atoms with van der Waals surface area (Å²) in [6, 6.07) is 16.4. The second-order valence-electron chi connectivity index (χ2n) is 5.69. The van der Waals surface area contributed by atoms with Crippen LogP contribution in [0.2, 0.25) is 0 Å². The van der Waals surface area contributed by atoms with E-state index in [9.17, 15) is 0 Å². The quantitative estimate of drug-likeness (QED) is 0.635. The second kappa shape index (κ2) is 7.45. The molecular weight excluding hydrogens is 364 g/mol. The molecule has 3 aromatic rings. The van der Waals surface area contributed by atoms with Crippen molar-refractivity contribution in [3.05, 3.63) is 75.9 Å². The lowest BCUT2D eigenvalue weighted by molar-refractivity contribution is 1.05. The molecule has 0 aliphatic rings. The number of rotatable bonds is 5. The average Bonchev–Trinajstić information content (AvgIpc) is 2.56. The Labute approximate surface area is 150 Å². The van der Waals surface area contributed by atoms with Gasteiger partial charge in [0, 0.05) is 22.9 Å². The Morgan fingerprint density at radius 1 is 1.04 bits per heavy atom. The van der Waals surface area contributed by atoms with Crippen molar-refractivity contribution >= 4 is 33.4 Å². The van der Waals surface area contributed by atoms with Crippen molar-refractivity contribution in [2.75, 3.05) is 10.6 Å². The molecule has 0 atom stereocenters. The Balaban J connectivity index is 1.69. The highest BCUT2D eigenvalue weighted by molar-refractivity contribution is 9.10. The lowest BCUT2D eigenvalue weighted by Gasteiger charge is -2.11. The Bertz CT molecular complexity index is 848. The zero-order chi connectivity index (χ0) is 16.9. The zero-order valence-electron chi connectivity index (χ0n) is 13.7. The predicted octanol–water partition coefficient (Wildman–Crippen LogP) is 5.21. The van der Waals surface area contributed by atoms with E-state index in [1.807, 2.05) is 18.2 Å². The van der Waals surface area contributed by atoms with E-state index in [0.29, 0.717) is 12.5 Å². The molecule has 1 aromatic heterocycles. The standard InChI is InChI=1S/C19H19BrN4/c1-13-4-3-5-15(10-13)12-22-19-21-9-8-18(24-19)23-17-7-6-16(20)11-14(17)2/h3-11H,12H2,1-2H3,(H2,21,22,23,24). The van der Waals surface area contributed by atoms with Gasteiger partial charge in [0.15, 0.2) is 0 Å². The largest absolute Gasteiger partial charge is 0.350 e. The lowest BCUT2D eigenvalue weighted by Crippen LogP contribution is -2.05. The molecule has 0 saturated heterocycles. The van der Waals surface area contributed by atoms with Crippen molar-refractivity contribution in [2.45, 2.75) is 20.4 Å². The van der Waals surface area contributed by atoms with Crippen molar-refractivity contribution in [3.8, 4) is 0 Å². The summed E-state index contributed by atoms with van der Waals surface area (Å²) in [5.74, 6) is 1.37. The van der Waals surface area contributed by atoms with Gasteiger partial charge in [-0.15, -0.1) is 0 Å². The predicted molar refractivity (Wildman–Crippen MR) is 103 cm³/mol. The van der Waals surface area contributed by atoms with E-state index >= 15 is 0 Å². The molecule has 2 N–H and O–H groups in total. The maximum absolute atomic E-state index is 4.52. The summed E-state index contributed by atoms with van der Waals surface area (Å²) < 4.78 is 1.06. The van der Waals surface area contributed by atoms with Crippen molar-refractivity contribution < 1.29 is 0 Å². The second-order valence-corrected chi connectivity index (χ2v) is 6.61. The van der Waals surface area contributed by atoms with E-state index in [4.69, 9.17) is 0 Å². The number of hydrogen-bond acceptors (Lipinski definition) is 4. The van der Waals surface area contributed by atoms with Crippen LogP contribution in [0, 0.1) is 13.8 Å². The smallest absolute Gasteiger partial charge is 0.224 e. The first-order chi connectivity index (χ1) is 11.6. The fourth-order valence-corrected chi connectivity index (χ4v) is 2.90. The van der Waals surface area contributed by atoms with Gasteiger partial charge in [-0.3, -0.25) is 0 Å². The van der Waals surface area contributed by atoms with Gasteiger partial charge in [0.25, 0.3) is 0 Å². The monoisotopic (exact) mass is 382 g/mol. The van der Waals surface area contributed by atoms with Gasteiger partial charge in [-0.2, -0.15) is 4.98 Å². The first kappa shape index (κ1) is 16.5. The van der Waals surface area contributed by atoms with Crippen LogP contribution in [0.4, 0.5) is 17.5 Å². The molecule has 2 aromatic carbocycles. The lowest BCUT2D eigenvalue weighted by atomic mass is 10.1. The van der Waals surface area contributed by atoms with E-state index in [0.717, 1.165) is 21.5 Å². The van der Waals surface area contributed by atoms with Crippen LogP contribution in [-0.2, 0) is 6.54 Å². The number of aryl methyl sites for hydroxylation is 2. The Morgan fingerprint density at radius 2 is 1.92 bits per heavy atom. The molecule has 122 valence electrons. The summed E-state index contributed by atoms with van der Waals surface area (Å²) in [6.07, 6.45) is 1.75. The molecular formula is C19H19BrN4. The highest BCUT2D eigenvalue weighted by Gasteiger charge is 2.03. The van der Waals surface area contributed by atoms with Crippen LogP contribution in [0.5, 0.6) is 0 Å². The number of nitrogens with one attached hydrogen (secondary N) is 2. The summed E-state index contributed by atoms with van der Waals surface area (Å²) in [4.78, 5) is 8.81. The van der Waals surface area contributed by atoms with Crippen LogP contribution in [0.1, 0.15) is 16.7 Å². The Morgan fingerprint density at radius 3 is 2.71 bits per heavy atom. The van der Waals surface area contributed by atoms with Gasteiger partial charge < -0.3 is 10.6 Å². The van der Waals surface area contributed by atoms with Crippen LogP contribution in [-0.4, -0.2) is 9.97 Å². The molecule has 0 fully saturated rings. The van der Waals surface area contributed by atoms with Crippen molar-refractivity contribution in [1.82, 2.24) is 9.97 Å². The summed E-state index contributed by atoms with van der Waals surface area (Å²) in [6.45, 7) is 4.85. The van der Waals surface area contributed by atoms with Gasteiger partial charge in [0.2, 0.25) is 5.95 Å². The summed E-state index contributed by atoms with van der Waals surface area (Å²) in [7, 11) is 0. The maximum atomic E-state index is 4.52. The number of halogens is 1. The van der Waals surface area contributed by atoms with Gasteiger partial charge in [0.05, 0.1) is 0 Å². The van der Waals surface area contributed by atoms with Crippen molar-refractivity contribution in [2.24, 2.45) is 0 Å². The third kappa shape index (κ3) is 4.32. The minimum Gasteiger partial charge on any atom is -0.350 e. The van der Waals surface area contributed by atoms with E-state index in [1.54, 1.807) is 6.20 Å². The van der Waals surface area contributed by atoms with Gasteiger partial charge in [-0.1, -0.05) is 45.8 Å². The van der Waals surface area contributed by atoms with Crippen LogP contribution in [0.15, 0.2) is 59.2 Å². The molecule has 0 unspecified atom stereocenters. The maximum Gasteiger partial charge on any atom is 0.224 e. The van der Waals surface area contributed by atoms with Gasteiger partial charge >= 0.3 is 0 Å². The third-order valence-corrected chi connectivity index (χ3v) is 4.13. The van der Waals surface area contributed by atoms with Crippen LogP contribution in [0.3, 0.4) is 0 Å². The molecule has 0 aliphatic carbocycles. The van der Waals surface area contributed by atoms with Crippen LogP contribution >= 0.6 is 15.9 Å². The van der Waals surface area contributed by atoms with E-state index in [1.165, 1.54) is 11.1 Å². The highest BCUT2D eigenvalue weighted by Crippen LogP contribution is 2.23. The topological polar surface area (TPSA) is 49.8 Å². The molecule has 3 rings (SSSR count). The summed E-state index contributed by atoms with van der Waals surface area (Å²) in [5.41, 5.74) is 4.64. The molecule has 0 aliphatic heterocycles. The molecule has 5 heteroatoms. The van der Waals surface area contributed by atoms with E-state index < -0.39 is 0 Å². The molecule has 0 spiro atoms. The van der Waals surface area contributed by atoms with E-state index in [-0.39, 0.29) is 0 Å². The van der Waals surface area contributed by atoms with E-state index in [2.05, 4.69) is 80.7 Å². The number of benzene rings is 2. The molecule has 0 radical (unpaired) electrons. The Kier molecular flexibility index (Phi) is 5.11. The minimum atomic E-state index is 0.608. The van der Waals surface area contributed by atoms with Gasteiger partial charge in [-0.25, -0.2) is 4.98 Å². The molecule has 1 heterocycles. The van der Waals surface area contributed by atoms with Crippen LogP contribution < -0.4 is 10.6 Å². The first-order valence-electron chi connectivity index (χ1n) is 7.76. The van der Waals surface area contributed by atoms with Crippen LogP contribution in [0.25, 0.3) is 0 Å². The minimum absolute atomic E-state index is 0.608. The fourth-order valence-electron chi connectivity index (χ4n) is 2.42. The fraction of sp³-hybridized carbons (Fsp3) is 0.158. The third-order valence-electron chi connectivity index (χ3n) is 3.64. The molecule has 0 saturated carbocycles. The first-order valence-corrected chi connectivity index (χ1v) is 8.55. The van der Waals surface area contributed by atoms with Crippen molar-refractivity contribution in [1.29, 1.82) is 0 Å².